The van der Waals surface area contributed by atoms with Crippen molar-refractivity contribution in [3.05, 3.63) is 70.6 Å². The van der Waals surface area contributed by atoms with Crippen LogP contribution in [0.3, 0.4) is 0 Å². The number of aromatic hydroxyl groups is 2. The summed E-state index contributed by atoms with van der Waals surface area (Å²) in [6, 6.07) is 11.0. The van der Waals surface area contributed by atoms with E-state index in [4.69, 9.17) is 11.6 Å². The minimum atomic E-state index is -0.154. The first-order valence-electron chi connectivity index (χ1n) is 9.54. The monoisotopic (exact) mass is 422 g/mol. The van der Waals surface area contributed by atoms with Crippen molar-refractivity contribution in [1.82, 2.24) is 30.1 Å². The van der Waals surface area contributed by atoms with Gasteiger partial charge in [0.1, 0.15) is 17.2 Å². The second kappa shape index (κ2) is 7.47. The molecular formula is C21H19ClN6O2. The fourth-order valence-electron chi connectivity index (χ4n) is 3.81. The summed E-state index contributed by atoms with van der Waals surface area (Å²) in [6.45, 7) is 2.40. The van der Waals surface area contributed by atoms with E-state index in [0.717, 1.165) is 36.5 Å². The van der Waals surface area contributed by atoms with E-state index >= 15 is 0 Å². The molecular weight excluding hydrogens is 404 g/mol. The van der Waals surface area contributed by atoms with Crippen LogP contribution in [0.5, 0.6) is 11.5 Å². The molecule has 3 N–H and O–H groups in total. The van der Waals surface area contributed by atoms with Crippen molar-refractivity contribution in [3.63, 3.8) is 0 Å². The molecule has 9 heteroatoms. The molecule has 2 aromatic carbocycles. The number of hydrogen-bond acceptors (Lipinski definition) is 6. The van der Waals surface area contributed by atoms with E-state index in [1.54, 1.807) is 16.9 Å². The number of hydrogen-bond donors (Lipinski definition) is 3. The Morgan fingerprint density at radius 3 is 2.70 bits per heavy atom. The molecule has 1 aliphatic heterocycles. The van der Waals surface area contributed by atoms with Gasteiger partial charge in [-0.15, -0.1) is 5.10 Å². The lowest BCUT2D eigenvalue weighted by atomic mass is 10.00. The average molecular weight is 423 g/mol. The highest BCUT2D eigenvalue weighted by Crippen LogP contribution is 2.39. The largest absolute Gasteiger partial charge is 0.507 e. The molecule has 0 fully saturated rings. The van der Waals surface area contributed by atoms with Crippen LogP contribution in [-0.2, 0) is 19.5 Å². The van der Waals surface area contributed by atoms with Gasteiger partial charge in [-0.1, -0.05) is 28.9 Å². The number of benzene rings is 2. The lowest BCUT2D eigenvalue weighted by Crippen LogP contribution is -2.30. The van der Waals surface area contributed by atoms with Gasteiger partial charge in [-0.3, -0.25) is 10.00 Å². The number of halogens is 1. The third kappa shape index (κ3) is 3.40. The molecule has 2 aromatic heterocycles. The SMILES string of the molecule is Oc1cc(O)c(-c2n[nH]c3c2CN(Cc2ccc(-n4ccnn4)cc2)CC3)cc1Cl. The Hall–Kier alpha value is -3.36. The van der Waals surface area contributed by atoms with E-state index in [9.17, 15) is 10.2 Å². The Kier molecular flexibility index (Phi) is 4.65. The first kappa shape index (κ1) is 18.7. The predicted molar refractivity (Wildman–Crippen MR) is 112 cm³/mol. The van der Waals surface area contributed by atoms with Crippen LogP contribution < -0.4 is 0 Å². The second-order valence-electron chi connectivity index (χ2n) is 7.32. The van der Waals surface area contributed by atoms with Crippen molar-refractivity contribution >= 4 is 11.6 Å². The number of phenols is 2. The Morgan fingerprint density at radius 1 is 1.10 bits per heavy atom. The summed E-state index contributed by atoms with van der Waals surface area (Å²) in [6.07, 6.45) is 4.30. The Balaban J connectivity index is 1.37. The maximum absolute atomic E-state index is 10.3. The van der Waals surface area contributed by atoms with Gasteiger partial charge in [0.2, 0.25) is 0 Å². The quantitative estimate of drug-likeness (QED) is 0.466. The van der Waals surface area contributed by atoms with Gasteiger partial charge >= 0.3 is 0 Å². The molecule has 1 aliphatic rings. The van der Waals surface area contributed by atoms with Gasteiger partial charge in [-0.2, -0.15) is 5.10 Å². The van der Waals surface area contributed by atoms with Crippen molar-refractivity contribution in [3.8, 4) is 28.4 Å². The summed E-state index contributed by atoms with van der Waals surface area (Å²) in [7, 11) is 0. The molecule has 30 heavy (non-hydrogen) atoms. The van der Waals surface area contributed by atoms with E-state index in [-0.39, 0.29) is 16.5 Å². The van der Waals surface area contributed by atoms with Crippen molar-refractivity contribution in [2.24, 2.45) is 0 Å². The van der Waals surface area contributed by atoms with Crippen LogP contribution in [0, 0.1) is 0 Å². The van der Waals surface area contributed by atoms with Crippen LogP contribution in [0.1, 0.15) is 16.8 Å². The fraction of sp³-hybridized carbons (Fsp3) is 0.190. The first-order valence-corrected chi connectivity index (χ1v) is 9.92. The zero-order chi connectivity index (χ0) is 20.7. The first-order chi connectivity index (χ1) is 14.6. The van der Waals surface area contributed by atoms with E-state index < -0.39 is 0 Å². The van der Waals surface area contributed by atoms with Gasteiger partial charge < -0.3 is 10.2 Å². The normalized spacial score (nSPS) is 14.0. The molecule has 0 bridgehead atoms. The zero-order valence-electron chi connectivity index (χ0n) is 16.0. The van der Waals surface area contributed by atoms with Gasteiger partial charge in [-0.25, -0.2) is 4.68 Å². The van der Waals surface area contributed by atoms with E-state index in [1.165, 1.54) is 11.6 Å². The lowest BCUT2D eigenvalue weighted by molar-refractivity contribution is 0.245. The fourth-order valence-corrected chi connectivity index (χ4v) is 3.97. The van der Waals surface area contributed by atoms with Gasteiger partial charge in [0.05, 0.1) is 23.1 Å². The van der Waals surface area contributed by atoms with Crippen LogP contribution in [-0.4, -0.2) is 46.8 Å². The lowest BCUT2D eigenvalue weighted by Gasteiger charge is -2.27. The molecule has 0 saturated carbocycles. The van der Waals surface area contributed by atoms with Gasteiger partial charge in [0, 0.05) is 48.9 Å². The van der Waals surface area contributed by atoms with Gasteiger partial charge in [0.15, 0.2) is 0 Å². The van der Waals surface area contributed by atoms with E-state index in [2.05, 4.69) is 37.5 Å². The van der Waals surface area contributed by atoms with Crippen LogP contribution in [0.25, 0.3) is 16.9 Å². The topological polar surface area (TPSA) is 103 Å². The third-order valence-electron chi connectivity index (χ3n) is 5.36. The Labute approximate surface area is 177 Å². The maximum atomic E-state index is 10.3. The summed E-state index contributed by atoms with van der Waals surface area (Å²) in [5.41, 5.74) is 5.44. The molecule has 8 nitrogen and oxygen atoms in total. The number of aromatic amines is 1. The highest BCUT2D eigenvalue weighted by Gasteiger charge is 2.24. The molecule has 0 unspecified atom stereocenters. The van der Waals surface area contributed by atoms with E-state index in [1.807, 2.05) is 18.3 Å². The number of H-pyrrole nitrogens is 1. The van der Waals surface area contributed by atoms with Gasteiger partial charge in [-0.05, 0) is 23.8 Å². The summed E-state index contributed by atoms with van der Waals surface area (Å²) in [4.78, 5) is 2.34. The molecule has 0 saturated heterocycles. The molecule has 152 valence electrons. The summed E-state index contributed by atoms with van der Waals surface area (Å²) in [5.74, 6) is -0.203. The number of nitrogens with zero attached hydrogens (tertiary/aromatic N) is 5. The molecule has 3 heterocycles. The highest BCUT2D eigenvalue weighted by molar-refractivity contribution is 6.32. The molecule has 0 amide bonds. The van der Waals surface area contributed by atoms with Crippen molar-refractivity contribution in [1.29, 1.82) is 0 Å². The Bertz CT molecular complexity index is 1190. The third-order valence-corrected chi connectivity index (χ3v) is 5.67. The zero-order valence-corrected chi connectivity index (χ0v) is 16.7. The molecule has 0 aliphatic carbocycles. The van der Waals surface area contributed by atoms with Crippen LogP contribution in [0.2, 0.25) is 5.02 Å². The van der Waals surface area contributed by atoms with Crippen molar-refractivity contribution in [2.45, 2.75) is 19.5 Å². The van der Waals surface area contributed by atoms with Crippen LogP contribution >= 0.6 is 11.6 Å². The van der Waals surface area contributed by atoms with Crippen LogP contribution in [0.15, 0.2) is 48.8 Å². The predicted octanol–water partition coefficient (Wildman–Crippen LogP) is 3.28. The smallest absolute Gasteiger partial charge is 0.137 e. The van der Waals surface area contributed by atoms with Crippen molar-refractivity contribution < 1.29 is 10.2 Å². The Morgan fingerprint density at radius 2 is 1.93 bits per heavy atom. The minimum absolute atomic E-state index is 0.0491. The van der Waals surface area contributed by atoms with Gasteiger partial charge in [0.25, 0.3) is 0 Å². The highest BCUT2D eigenvalue weighted by atomic mass is 35.5. The van der Waals surface area contributed by atoms with Crippen molar-refractivity contribution in [2.75, 3.05) is 6.54 Å². The van der Waals surface area contributed by atoms with Crippen LogP contribution in [0.4, 0.5) is 0 Å². The average Bonchev–Trinajstić information content (AvgIpc) is 3.41. The number of nitrogens with one attached hydrogen (secondary N) is 1. The standard InChI is InChI=1S/C21H19ClN6O2/c22-17-9-15(19(29)10-20(17)30)21-16-12-27(7-5-18(16)24-25-21)11-13-1-3-14(4-2-13)28-8-6-23-26-28/h1-4,6,8-10,29-30H,5,7,11-12H2,(H,24,25). The molecule has 4 aromatic rings. The molecule has 0 radical (unpaired) electrons. The number of aromatic nitrogens is 5. The second-order valence-corrected chi connectivity index (χ2v) is 7.73. The number of rotatable bonds is 4. The molecule has 0 atom stereocenters. The van der Waals surface area contributed by atoms with E-state index in [0.29, 0.717) is 17.8 Å². The number of fused-ring (bicyclic) bond motifs is 1. The summed E-state index contributed by atoms with van der Waals surface area (Å²) >= 11 is 6.05. The summed E-state index contributed by atoms with van der Waals surface area (Å²) in [5, 5.41) is 35.5. The molecule has 5 rings (SSSR count). The minimum Gasteiger partial charge on any atom is -0.507 e. The molecule has 0 spiro atoms. The number of phenolic OH excluding ortho intramolecular Hbond substituents is 2. The summed E-state index contributed by atoms with van der Waals surface area (Å²) < 4.78 is 1.73. The maximum Gasteiger partial charge on any atom is 0.137 e.